The van der Waals surface area contributed by atoms with Gasteiger partial charge in [0.1, 0.15) is 12.7 Å². The van der Waals surface area contributed by atoms with Gasteiger partial charge in [0, 0.05) is 13.8 Å². The molecule has 0 unspecified atom stereocenters. The molecule has 10 nitrogen and oxygen atoms in total. The van der Waals surface area contributed by atoms with Crippen LogP contribution in [0.5, 0.6) is 0 Å². The van der Waals surface area contributed by atoms with Crippen LogP contribution >= 0.6 is 0 Å². The standard InChI is InChI=1S/C14H22O10S/c1-7(15)20-9(6-19-25(5,17)18)10-11(21-8(2)16)12-13(22-10)24-14(3,4)23-12/h9-13H,6H2,1-5H3/t9-,10+,11+,12+,13-/m1/s1. The highest BCUT2D eigenvalue weighted by Crippen LogP contribution is 2.40. The zero-order chi connectivity index (χ0) is 19.0. The average Bonchev–Trinajstić information content (AvgIpc) is 2.86. The summed E-state index contributed by atoms with van der Waals surface area (Å²) in [5.74, 6) is -2.22. The zero-order valence-corrected chi connectivity index (χ0v) is 15.4. The minimum Gasteiger partial charge on any atom is -0.457 e. The SMILES string of the molecule is CC(=O)O[C@@H]1[C@@H]2OC(C)(C)O[C@H]2O[C@H]1[C@@H](COS(C)(=O)=O)OC(C)=O. The van der Waals surface area contributed by atoms with Crippen LogP contribution in [0.15, 0.2) is 0 Å². The Morgan fingerprint density at radius 2 is 1.80 bits per heavy atom. The third kappa shape index (κ3) is 5.35. The Balaban J connectivity index is 2.22. The molecule has 0 aliphatic carbocycles. The normalized spacial score (nSPS) is 32.0. The number of hydrogen-bond donors (Lipinski definition) is 0. The first kappa shape index (κ1) is 20.0. The molecule has 0 saturated carbocycles. The highest BCUT2D eigenvalue weighted by Gasteiger charge is 2.59. The first-order valence-electron chi connectivity index (χ1n) is 7.58. The lowest BCUT2D eigenvalue weighted by Crippen LogP contribution is -2.47. The monoisotopic (exact) mass is 382 g/mol. The van der Waals surface area contributed by atoms with E-state index in [0.29, 0.717) is 0 Å². The second-order valence-electron chi connectivity index (χ2n) is 6.28. The van der Waals surface area contributed by atoms with Crippen LogP contribution in [0.3, 0.4) is 0 Å². The van der Waals surface area contributed by atoms with Crippen molar-refractivity contribution in [2.45, 2.75) is 64.2 Å². The molecule has 0 aromatic rings. The molecule has 2 aliphatic rings. The molecule has 2 saturated heterocycles. The Labute approximate surface area is 145 Å². The molecule has 5 atom stereocenters. The highest BCUT2D eigenvalue weighted by molar-refractivity contribution is 7.85. The Morgan fingerprint density at radius 1 is 1.16 bits per heavy atom. The summed E-state index contributed by atoms with van der Waals surface area (Å²) in [7, 11) is -3.78. The molecule has 2 rings (SSSR count). The molecule has 2 fully saturated rings. The van der Waals surface area contributed by atoms with E-state index >= 15 is 0 Å². The summed E-state index contributed by atoms with van der Waals surface area (Å²) in [6.45, 7) is 5.21. The quantitative estimate of drug-likeness (QED) is 0.447. The first-order chi connectivity index (χ1) is 11.4. The summed E-state index contributed by atoms with van der Waals surface area (Å²) >= 11 is 0. The highest BCUT2D eigenvalue weighted by atomic mass is 32.2. The fraction of sp³-hybridized carbons (Fsp3) is 0.857. The Kier molecular flexibility index (Phi) is 5.74. The minimum absolute atomic E-state index is 0.496. The fourth-order valence-corrected chi connectivity index (χ4v) is 3.11. The van der Waals surface area contributed by atoms with E-state index < -0.39 is 65.2 Å². The van der Waals surface area contributed by atoms with Crippen LogP contribution in [0, 0.1) is 0 Å². The second kappa shape index (κ2) is 7.16. The maximum atomic E-state index is 11.4. The van der Waals surface area contributed by atoms with Crippen molar-refractivity contribution < 1.29 is 45.9 Å². The van der Waals surface area contributed by atoms with Gasteiger partial charge in [0.05, 0.1) is 6.26 Å². The Hall–Kier alpha value is -1.27. The topological polar surface area (TPSA) is 124 Å². The molecule has 144 valence electrons. The smallest absolute Gasteiger partial charge is 0.303 e. The van der Waals surface area contributed by atoms with Crippen molar-refractivity contribution in [3.8, 4) is 0 Å². The van der Waals surface area contributed by atoms with Gasteiger partial charge in [-0.15, -0.1) is 0 Å². The second-order valence-corrected chi connectivity index (χ2v) is 7.92. The van der Waals surface area contributed by atoms with E-state index in [1.54, 1.807) is 13.8 Å². The lowest BCUT2D eigenvalue weighted by Gasteiger charge is -2.29. The van der Waals surface area contributed by atoms with Gasteiger partial charge in [0.15, 0.2) is 30.4 Å². The fourth-order valence-electron chi connectivity index (χ4n) is 2.73. The maximum absolute atomic E-state index is 11.4. The number of carbonyl (C=O) groups excluding carboxylic acids is 2. The van der Waals surface area contributed by atoms with Crippen LogP contribution in [0.1, 0.15) is 27.7 Å². The predicted molar refractivity (Wildman–Crippen MR) is 80.6 cm³/mol. The van der Waals surface area contributed by atoms with E-state index in [4.69, 9.17) is 27.9 Å². The number of hydrogen-bond acceptors (Lipinski definition) is 10. The summed E-state index contributed by atoms with van der Waals surface area (Å²) in [4.78, 5) is 22.8. The largest absolute Gasteiger partial charge is 0.457 e. The molecular weight excluding hydrogens is 360 g/mol. The lowest BCUT2D eigenvalue weighted by molar-refractivity contribution is -0.233. The van der Waals surface area contributed by atoms with Gasteiger partial charge in [-0.2, -0.15) is 8.42 Å². The van der Waals surface area contributed by atoms with Gasteiger partial charge >= 0.3 is 11.9 Å². The van der Waals surface area contributed by atoms with Crippen molar-refractivity contribution in [3.05, 3.63) is 0 Å². The molecule has 0 spiro atoms. The molecule has 0 aromatic heterocycles. The van der Waals surface area contributed by atoms with E-state index in [1.165, 1.54) is 6.92 Å². The molecule has 2 aliphatic heterocycles. The number of carbonyl (C=O) groups is 2. The molecule has 0 amide bonds. The van der Waals surface area contributed by atoms with Crippen molar-refractivity contribution in [1.29, 1.82) is 0 Å². The van der Waals surface area contributed by atoms with Gasteiger partial charge in [-0.25, -0.2) is 0 Å². The third-order valence-corrected chi connectivity index (χ3v) is 4.02. The Bertz CT molecular complexity index is 628. The summed E-state index contributed by atoms with van der Waals surface area (Å²) in [6.07, 6.45) is -3.86. The first-order valence-corrected chi connectivity index (χ1v) is 9.39. The summed E-state index contributed by atoms with van der Waals surface area (Å²) in [6, 6.07) is 0. The molecule has 0 N–H and O–H groups in total. The molecule has 2 heterocycles. The van der Waals surface area contributed by atoms with E-state index in [2.05, 4.69) is 0 Å². The summed E-state index contributed by atoms with van der Waals surface area (Å²) < 4.78 is 54.5. The van der Waals surface area contributed by atoms with Crippen LogP contribution in [0.2, 0.25) is 0 Å². The van der Waals surface area contributed by atoms with Crippen LogP contribution in [0.4, 0.5) is 0 Å². The van der Waals surface area contributed by atoms with Gasteiger partial charge in [-0.05, 0) is 13.8 Å². The van der Waals surface area contributed by atoms with Gasteiger partial charge in [-0.3, -0.25) is 13.8 Å². The van der Waals surface area contributed by atoms with Crippen molar-refractivity contribution in [1.82, 2.24) is 0 Å². The van der Waals surface area contributed by atoms with Crippen LogP contribution < -0.4 is 0 Å². The van der Waals surface area contributed by atoms with Crippen LogP contribution in [-0.2, 0) is 47.6 Å². The van der Waals surface area contributed by atoms with Gasteiger partial charge in [0.25, 0.3) is 10.1 Å². The molecule has 0 aromatic carbocycles. The minimum atomic E-state index is -3.78. The molecule has 0 bridgehead atoms. The zero-order valence-electron chi connectivity index (χ0n) is 14.6. The molecular formula is C14H22O10S. The van der Waals surface area contributed by atoms with Crippen molar-refractivity contribution in [2.75, 3.05) is 12.9 Å². The maximum Gasteiger partial charge on any atom is 0.303 e. The van der Waals surface area contributed by atoms with E-state index in [1.807, 2.05) is 0 Å². The number of ether oxygens (including phenoxy) is 5. The van der Waals surface area contributed by atoms with Crippen molar-refractivity contribution in [2.24, 2.45) is 0 Å². The van der Waals surface area contributed by atoms with E-state index in [9.17, 15) is 18.0 Å². The number of rotatable bonds is 6. The molecule has 11 heteroatoms. The third-order valence-electron chi connectivity index (χ3n) is 3.46. The molecule has 25 heavy (non-hydrogen) atoms. The predicted octanol–water partition coefficient (Wildman–Crippen LogP) is -0.298. The van der Waals surface area contributed by atoms with Crippen molar-refractivity contribution in [3.63, 3.8) is 0 Å². The lowest BCUT2D eigenvalue weighted by atomic mass is 10.1. The van der Waals surface area contributed by atoms with E-state index in [0.717, 1.165) is 13.2 Å². The van der Waals surface area contributed by atoms with Gasteiger partial charge in [0.2, 0.25) is 0 Å². The van der Waals surface area contributed by atoms with Crippen LogP contribution in [-0.4, -0.2) is 69.7 Å². The van der Waals surface area contributed by atoms with Gasteiger partial charge in [-0.1, -0.05) is 0 Å². The summed E-state index contributed by atoms with van der Waals surface area (Å²) in [5.41, 5.74) is 0. The summed E-state index contributed by atoms with van der Waals surface area (Å²) in [5, 5.41) is 0. The molecule has 0 radical (unpaired) electrons. The van der Waals surface area contributed by atoms with Crippen molar-refractivity contribution >= 4 is 22.1 Å². The van der Waals surface area contributed by atoms with Crippen LogP contribution in [0.25, 0.3) is 0 Å². The number of esters is 2. The van der Waals surface area contributed by atoms with Gasteiger partial charge < -0.3 is 23.7 Å². The van der Waals surface area contributed by atoms with E-state index in [-0.39, 0.29) is 0 Å². The Morgan fingerprint density at radius 3 is 2.32 bits per heavy atom. The average molecular weight is 382 g/mol. The number of fused-ring (bicyclic) bond motifs is 1.